The van der Waals surface area contributed by atoms with Gasteiger partial charge in [0, 0.05) is 11.3 Å². The number of nitrogens with one attached hydrogen (secondary N) is 1. The predicted molar refractivity (Wildman–Crippen MR) is 77.6 cm³/mol. The summed E-state index contributed by atoms with van der Waals surface area (Å²) in [5.41, 5.74) is 1.39. The summed E-state index contributed by atoms with van der Waals surface area (Å²) >= 11 is 3.35. The van der Waals surface area contributed by atoms with Crippen molar-refractivity contribution in [3.05, 3.63) is 52.1 Å². The van der Waals surface area contributed by atoms with Gasteiger partial charge in [-0.1, -0.05) is 6.07 Å². The molecule has 0 unspecified atom stereocenters. The lowest BCUT2D eigenvalue weighted by Crippen LogP contribution is -2.13. The third-order valence-electron chi connectivity index (χ3n) is 2.54. The highest BCUT2D eigenvalue weighted by molar-refractivity contribution is 9.10. The van der Waals surface area contributed by atoms with E-state index in [1.54, 1.807) is 31.4 Å². The normalized spacial score (nSPS) is 10.1. The number of hydrogen-bond acceptors (Lipinski definition) is 3. The first-order chi connectivity index (χ1) is 9.10. The van der Waals surface area contributed by atoms with Gasteiger partial charge < -0.3 is 10.1 Å². The van der Waals surface area contributed by atoms with Gasteiger partial charge in [-0.2, -0.15) is 0 Å². The molecule has 2 rings (SSSR count). The summed E-state index contributed by atoms with van der Waals surface area (Å²) in [5, 5.41) is 2.75. The molecule has 1 aromatic heterocycles. The number of aryl methyl sites for hydroxylation is 1. The number of carbonyl (C=O) groups excluding carboxylic acids is 1. The molecule has 0 aliphatic heterocycles. The van der Waals surface area contributed by atoms with Crippen molar-refractivity contribution in [1.29, 1.82) is 0 Å². The summed E-state index contributed by atoms with van der Waals surface area (Å²) in [4.78, 5) is 16.3. The van der Waals surface area contributed by atoms with Gasteiger partial charge in [-0.25, -0.2) is 4.98 Å². The number of nitrogens with zero attached hydrogens (tertiary/aromatic N) is 1. The van der Waals surface area contributed by atoms with Gasteiger partial charge in [0.05, 0.1) is 11.6 Å². The minimum atomic E-state index is -0.207. The largest absolute Gasteiger partial charge is 0.496 e. The maximum Gasteiger partial charge on any atom is 0.256 e. The van der Waals surface area contributed by atoms with Gasteiger partial charge >= 0.3 is 0 Å². The molecule has 0 saturated carbocycles. The standard InChI is InChI=1S/C14H13BrN2O2/c1-9-4-3-5-13(16-9)17-14(18)10-6-7-12(19-2)11(15)8-10/h3-8H,1-2H3,(H,16,17,18). The highest BCUT2D eigenvalue weighted by Gasteiger charge is 2.09. The van der Waals surface area contributed by atoms with E-state index in [9.17, 15) is 4.79 Å². The number of rotatable bonds is 3. The van der Waals surface area contributed by atoms with Crippen LogP contribution >= 0.6 is 15.9 Å². The summed E-state index contributed by atoms with van der Waals surface area (Å²) in [6, 6.07) is 10.6. The van der Waals surface area contributed by atoms with Crippen molar-refractivity contribution in [2.45, 2.75) is 6.92 Å². The van der Waals surface area contributed by atoms with Gasteiger partial charge in [0.2, 0.25) is 0 Å². The molecular formula is C14H13BrN2O2. The number of benzene rings is 1. The summed E-state index contributed by atoms with van der Waals surface area (Å²) in [7, 11) is 1.58. The van der Waals surface area contributed by atoms with E-state index < -0.39 is 0 Å². The molecule has 19 heavy (non-hydrogen) atoms. The number of aromatic nitrogens is 1. The van der Waals surface area contributed by atoms with Crippen LogP contribution in [0.3, 0.4) is 0 Å². The fourth-order valence-corrected chi connectivity index (χ4v) is 2.15. The Morgan fingerprint density at radius 3 is 2.74 bits per heavy atom. The maximum atomic E-state index is 12.1. The number of ether oxygens (including phenoxy) is 1. The molecule has 1 N–H and O–H groups in total. The van der Waals surface area contributed by atoms with Gasteiger partial charge in [-0.15, -0.1) is 0 Å². The average molecular weight is 321 g/mol. The van der Waals surface area contributed by atoms with E-state index in [1.807, 2.05) is 19.1 Å². The Morgan fingerprint density at radius 2 is 2.11 bits per heavy atom. The zero-order valence-electron chi connectivity index (χ0n) is 10.6. The van der Waals surface area contributed by atoms with Crippen molar-refractivity contribution in [1.82, 2.24) is 4.98 Å². The van der Waals surface area contributed by atoms with Gasteiger partial charge in [0.25, 0.3) is 5.91 Å². The number of anilines is 1. The first-order valence-corrected chi connectivity index (χ1v) is 6.48. The van der Waals surface area contributed by atoms with E-state index in [4.69, 9.17) is 4.74 Å². The second-order valence-electron chi connectivity index (χ2n) is 3.97. The zero-order valence-corrected chi connectivity index (χ0v) is 12.2. The molecule has 1 aromatic carbocycles. The molecule has 0 fully saturated rings. The van der Waals surface area contributed by atoms with Crippen molar-refractivity contribution >= 4 is 27.7 Å². The zero-order chi connectivity index (χ0) is 13.8. The number of pyridine rings is 1. The highest BCUT2D eigenvalue weighted by Crippen LogP contribution is 2.25. The van der Waals surface area contributed by atoms with E-state index >= 15 is 0 Å². The lowest BCUT2D eigenvalue weighted by molar-refractivity contribution is 0.102. The van der Waals surface area contributed by atoms with Crippen LogP contribution in [-0.4, -0.2) is 18.0 Å². The molecule has 0 aliphatic rings. The summed E-state index contributed by atoms with van der Waals surface area (Å²) in [5.74, 6) is 1.02. The Hall–Kier alpha value is -1.88. The van der Waals surface area contributed by atoms with Crippen molar-refractivity contribution < 1.29 is 9.53 Å². The molecule has 5 heteroatoms. The molecular weight excluding hydrogens is 308 g/mol. The van der Waals surface area contributed by atoms with Crippen LogP contribution in [0.25, 0.3) is 0 Å². The Kier molecular flexibility index (Phi) is 4.16. The van der Waals surface area contributed by atoms with Gasteiger partial charge in [-0.05, 0) is 53.2 Å². The Morgan fingerprint density at radius 1 is 1.32 bits per heavy atom. The Bertz CT molecular complexity index is 614. The SMILES string of the molecule is COc1ccc(C(=O)Nc2cccc(C)n2)cc1Br. The number of amides is 1. The summed E-state index contributed by atoms with van der Waals surface area (Å²) in [6.07, 6.45) is 0. The van der Waals surface area contributed by atoms with Crippen molar-refractivity contribution in [3.8, 4) is 5.75 Å². The lowest BCUT2D eigenvalue weighted by atomic mass is 10.2. The third kappa shape index (κ3) is 3.32. The predicted octanol–water partition coefficient (Wildman–Crippen LogP) is 3.41. The maximum absolute atomic E-state index is 12.1. The van der Waals surface area contributed by atoms with Crippen LogP contribution in [0.5, 0.6) is 5.75 Å². The van der Waals surface area contributed by atoms with Crippen LogP contribution in [0, 0.1) is 6.92 Å². The van der Waals surface area contributed by atoms with Crippen LogP contribution in [0.15, 0.2) is 40.9 Å². The Labute approximate surface area is 119 Å². The molecule has 0 radical (unpaired) electrons. The van der Waals surface area contributed by atoms with Crippen molar-refractivity contribution in [2.75, 3.05) is 12.4 Å². The van der Waals surface area contributed by atoms with E-state index in [2.05, 4.69) is 26.2 Å². The smallest absolute Gasteiger partial charge is 0.256 e. The van der Waals surface area contributed by atoms with Gasteiger partial charge in [-0.3, -0.25) is 4.79 Å². The number of hydrogen-bond donors (Lipinski definition) is 1. The molecule has 98 valence electrons. The lowest BCUT2D eigenvalue weighted by Gasteiger charge is -2.07. The Balaban J connectivity index is 2.18. The monoisotopic (exact) mass is 320 g/mol. The first kappa shape index (κ1) is 13.5. The highest BCUT2D eigenvalue weighted by atomic mass is 79.9. The first-order valence-electron chi connectivity index (χ1n) is 5.68. The van der Waals surface area contributed by atoms with Crippen LogP contribution in [-0.2, 0) is 0 Å². The van der Waals surface area contributed by atoms with Crippen molar-refractivity contribution in [2.24, 2.45) is 0 Å². The van der Waals surface area contributed by atoms with E-state index in [0.717, 1.165) is 10.2 Å². The molecule has 0 spiro atoms. The molecule has 0 atom stereocenters. The molecule has 2 aromatic rings. The van der Waals surface area contributed by atoms with E-state index in [0.29, 0.717) is 17.1 Å². The molecule has 0 bridgehead atoms. The minimum absolute atomic E-state index is 0.207. The molecule has 4 nitrogen and oxygen atoms in total. The fourth-order valence-electron chi connectivity index (χ4n) is 1.61. The molecule has 0 saturated heterocycles. The number of methoxy groups -OCH3 is 1. The van der Waals surface area contributed by atoms with E-state index in [1.165, 1.54) is 0 Å². The van der Waals surface area contributed by atoms with Crippen LogP contribution in [0.2, 0.25) is 0 Å². The number of halogens is 1. The van der Waals surface area contributed by atoms with Crippen LogP contribution in [0.4, 0.5) is 5.82 Å². The van der Waals surface area contributed by atoms with Crippen molar-refractivity contribution in [3.63, 3.8) is 0 Å². The van der Waals surface area contributed by atoms with Gasteiger partial charge in [0.1, 0.15) is 11.6 Å². The van der Waals surface area contributed by atoms with Crippen LogP contribution in [0.1, 0.15) is 16.1 Å². The summed E-state index contributed by atoms with van der Waals surface area (Å²) < 4.78 is 5.86. The molecule has 0 aliphatic carbocycles. The third-order valence-corrected chi connectivity index (χ3v) is 3.16. The second kappa shape index (κ2) is 5.84. The van der Waals surface area contributed by atoms with Crippen LogP contribution < -0.4 is 10.1 Å². The molecule has 1 heterocycles. The van der Waals surface area contributed by atoms with E-state index in [-0.39, 0.29) is 5.91 Å². The summed E-state index contributed by atoms with van der Waals surface area (Å²) in [6.45, 7) is 1.87. The number of carbonyl (C=O) groups is 1. The minimum Gasteiger partial charge on any atom is -0.496 e. The second-order valence-corrected chi connectivity index (χ2v) is 4.82. The topological polar surface area (TPSA) is 51.2 Å². The van der Waals surface area contributed by atoms with Gasteiger partial charge in [0.15, 0.2) is 0 Å². The fraction of sp³-hybridized carbons (Fsp3) is 0.143. The molecule has 1 amide bonds. The quantitative estimate of drug-likeness (QED) is 0.942. The average Bonchev–Trinajstić information content (AvgIpc) is 2.38.